The number of rotatable bonds is 4. The van der Waals surface area contributed by atoms with Crippen LogP contribution in [0.3, 0.4) is 0 Å². The molecule has 0 atom stereocenters. The van der Waals surface area contributed by atoms with Gasteiger partial charge in [0.1, 0.15) is 0 Å². The summed E-state index contributed by atoms with van der Waals surface area (Å²) < 4.78 is 39.9. The molecule has 0 unspecified atom stereocenters. The van der Waals surface area contributed by atoms with Crippen molar-refractivity contribution in [2.45, 2.75) is 6.18 Å². The minimum Gasteiger partial charge on any atom is -0.361 e. The van der Waals surface area contributed by atoms with Crippen LogP contribution in [-0.4, -0.2) is 58.1 Å². The Morgan fingerprint density at radius 3 is 2.39 bits per heavy atom. The van der Waals surface area contributed by atoms with Crippen LogP contribution in [0, 0.1) is 0 Å². The highest BCUT2D eigenvalue weighted by atomic mass is 19.4. The highest BCUT2D eigenvalue weighted by Crippen LogP contribution is 2.32. The highest BCUT2D eigenvalue weighted by molar-refractivity contribution is 6.07. The molecule has 184 valence electrons. The molecular formula is C25H21F3N6O2. The molecule has 0 radical (unpaired) electrons. The predicted octanol–water partition coefficient (Wildman–Crippen LogP) is 4.19. The molecule has 11 heteroatoms. The fourth-order valence-corrected chi connectivity index (χ4v) is 4.22. The van der Waals surface area contributed by atoms with E-state index in [-0.39, 0.29) is 24.3 Å². The zero-order valence-corrected chi connectivity index (χ0v) is 18.9. The Labute approximate surface area is 203 Å². The molecule has 1 fully saturated rings. The number of nitrogens with zero attached hydrogens (tertiary/aromatic N) is 4. The quantitative estimate of drug-likeness (QED) is 0.444. The number of nitrogens with one attached hydrogen (secondary N) is 2. The summed E-state index contributed by atoms with van der Waals surface area (Å²) in [6.45, 7) is 1.20. The van der Waals surface area contributed by atoms with Crippen molar-refractivity contribution in [1.82, 2.24) is 20.1 Å². The van der Waals surface area contributed by atoms with Crippen LogP contribution < -0.4 is 10.2 Å². The van der Waals surface area contributed by atoms with Gasteiger partial charge in [0, 0.05) is 43.3 Å². The number of aromatic nitrogens is 3. The lowest BCUT2D eigenvalue weighted by atomic mass is 10.1. The molecule has 3 heterocycles. The van der Waals surface area contributed by atoms with Gasteiger partial charge >= 0.3 is 6.18 Å². The zero-order valence-electron chi connectivity index (χ0n) is 18.9. The number of benzene rings is 2. The molecule has 5 rings (SSSR count). The minimum atomic E-state index is -4.61. The fourth-order valence-electron chi connectivity index (χ4n) is 4.22. The number of fused-ring (bicyclic) bond motifs is 1. The van der Waals surface area contributed by atoms with Crippen LogP contribution in [0.2, 0.25) is 0 Å². The van der Waals surface area contributed by atoms with Gasteiger partial charge in [0.05, 0.1) is 16.8 Å². The van der Waals surface area contributed by atoms with E-state index in [4.69, 9.17) is 0 Å². The third kappa shape index (κ3) is 4.59. The number of amides is 2. The Balaban J connectivity index is 1.22. The van der Waals surface area contributed by atoms with E-state index in [2.05, 4.69) is 20.5 Å². The number of piperazine rings is 1. The second-order valence-corrected chi connectivity index (χ2v) is 8.30. The van der Waals surface area contributed by atoms with Crippen molar-refractivity contribution in [1.29, 1.82) is 0 Å². The Kier molecular flexibility index (Phi) is 6.05. The van der Waals surface area contributed by atoms with Crippen LogP contribution >= 0.6 is 0 Å². The molecule has 0 spiro atoms. The first-order valence-electron chi connectivity index (χ1n) is 11.2. The van der Waals surface area contributed by atoms with E-state index < -0.39 is 23.6 Å². The molecule has 0 saturated carbocycles. The summed E-state index contributed by atoms with van der Waals surface area (Å²) in [4.78, 5) is 31.8. The normalized spacial score (nSPS) is 14.2. The topological polar surface area (TPSA) is 94.2 Å². The van der Waals surface area contributed by atoms with Crippen molar-refractivity contribution >= 4 is 34.2 Å². The van der Waals surface area contributed by atoms with Crippen molar-refractivity contribution in [2.75, 3.05) is 36.4 Å². The molecule has 0 bridgehead atoms. The van der Waals surface area contributed by atoms with Crippen LogP contribution in [0.1, 0.15) is 26.4 Å². The second-order valence-electron chi connectivity index (χ2n) is 8.30. The first kappa shape index (κ1) is 23.3. The third-order valence-corrected chi connectivity index (χ3v) is 6.08. The smallest absolute Gasteiger partial charge is 0.361 e. The number of hydrogen-bond acceptors (Lipinski definition) is 5. The summed E-state index contributed by atoms with van der Waals surface area (Å²) in [5.41, 5.74) is 0.393. The number of carbonyl (C=O) groups is 2. The van der Waals surface area contributed by atoms with Gasteiger partial charge in [0.15, 0.2) is 11.5 Å². The summed E-state index contributed by atoms with van der Waals surface area (Å²) >= 11 is 0. The molecule has 36 heavy (non-hydrogen) atoms. The maximum atomic E-state index is 13.3. The summed E-state index contributed by atoms with van der Waals surface area (Å²) in [5, 5.41) is 11.9. The first-order chi connectivity index (χ1) is 17.3. The van der Waals surface area contributed by atoms with Crippen LogP contribution in [0.4, 0.5) is 24.7 Å². The second kappa shape index (κ2) is 9.33. The molecule has 1 aliphatic heterocycles. The van der Waals surface area contributed by atoms with Crippen LogP contribution in [0.5, 0.6) is 0 Å². The van der Waals surface area contributed by atoms with E-state index >= 15 is 0 Å². The van der Waals surface area contributed by atoms with Gasteiger partial charge in [-0.05, 0) is 42.5 Å². The Morgan fingerprint density at radius 2 is 1.67 bits per heavy atom. The Bertz CT molecular complexity index is 1410. The SMILES string of the molecule is O=C(Nc1cccc2[nH]ccc12)c1ccc(N2CCN(C(=O)c3ccccc3C(F)(F)F)CC2)nn1. The number of anilines is 2. The van der Waals surface area contributed by atoms with E-state index in [1.165, 1.54) is 23.1 Å². The number of alkyl halides is 3. The fraction of sp³-hybridized carbons (Fsp3) is 0.200. The van der Waals surface area contributed by atoms with Gasteiger partial charge in [0.25, 0.3) is 11.8 Å². The lowest BCUT2D eigenvalue weighted by Crippen LogP contribution is -2.49. The monoisotopic (exact) mass is 494 g/mol. The van der Waals surface area contributed by atoms with Gasteiger partial charge in [0.2, 0.25) is 0 Å². The van der Waals surface area contributed by atoms with Gasteiger partial charge in [-0.1, -0.05) is 18.2 Å². The van der Waals surface area contributed by atoms with Gasteiger partial charge in [-0.15, -0.1) is 10.2 Å². The van der Waals surface area contributed by atoms with E-state index in [9.17, 15) is 22.8 Å². The molecule has 2 amide bonds. The molecule has 2 aromatic carbocycles. The average Bonchev–Trinajstić information content (AvgIpc) is 3.38. The van der Waals surface area contributed by atoms with E-state index in [0.29, 0.717) is 24.6 Å². The maximum absolute atomic E-state index is 13.3. The molecule has 1 saturated heterocycles. The van der Waals surface area contributed by atoms with Gasteiger partial charge in [-0.3, -0.25) is 9.59 Å². The maximum Gasteiger partial charge on any atom is 0.417 e. The molecule has 8 nitrogen and oxygen atoms in total. The van der Waals surface area contributed by atoms with Crippen molar-refractivity contribution in [3.05, 3.63) is 83.7 Å². The number of halogens is 3. The van der Waals surface area contributed by atoms with Gasteiger partial charge in [-0.2, -0.15) is 13.2 Å². The van der Waals surface area contributed by atoms with Crippen molar-refractivity contribution in [2.24, 2.45) is 0 Å². The zero-order chi connectivity index (χ0) is 25.3. The summed E-state index contributed by atoms with van der Waals surface area (Å²) in [7, 11) is 0. The number of carbonyl (C=O) groups excluding carboxylic acids is 2. The number of hydrogen-bond donors (Lipinski definition) is 2. The summed E-state index contributed by atoms with van der Waals surface area (Å²) in [6, 6.07) is 15.4. The number of aromatic amines is 1. The van der Waals surface area contributed by atoms with Gasteiger partial charge in [-0.25, -0.2) is 0 Å². The van der Waals surface area contributed by atoms with Crippen molar-refractivity contribution in [3.8, 4) is 0 Å². The minimum absolute atomic E-state index is 0.142. The van der Waals surface area contributed by atoms with Crippen molar-refractivity contribution < 1.29 is 22.8 Å². The first-order valence-corrected chi connectivity index (χ1v) is 11.2. The average molecular weight is 494 g/mol. The Hall–Kier alpha value is -4.41. The molecule has 1 aliphatic rings. The summed E-state index contributed by atoms with van der Waals surface area (Å²) in [6.07, 6.45) is -2.82. The Morgan fingerprint density at radius 1 is 0.889 bits per heavy atom. The third-order valence-electron chi connectivity index (χ3n) is 6.08. The largest absolute Gasteiger partial charge is 0.417 e. The van der Waals surface area contributed by atoms with Crippen LogP contribution in [0.15, 0.2) is 66.9 Å². The van der Waals surface area contributed by atoms with E-state index in [1.54, 1.807) is 24.4 Å². The van der Waals surface area contributed by atoms with E-state index in [1.807, 2.05) is 23.1 Å². The molecular weight excluding hydrogens is 473 g/mol. The molecule has 2 aromatic heterocycles. The standard InChI is InChI=1S/C25H21F3N6O2/c26-25(27,28)18-5-2-1-4-16(18)24(36)34-14-12-33(13-15-34)22-9-8-21(31-32-22)23(35)30-20-7-3-6-19-17(20)10-11-29-19/h1-11,29H,12-15H2,(H,30,35). The molecule has 4 aromatic rings. The molecule has 2 N–H and O–H groups in total. The number of H-pyrrole nitrogens is 1. The van der Waals surface area contributed by atoms with Gasteiger partial charge < -0.3 is 20.1 Å². The lowest BCUT2D eigenvalue weighted by molar-refractivity contribution is -0.138. The van der Waals surface area contributed by atoms with E-state index in [0.717, 1.165) is 17.0 Å². The molecule has 0 aliphatic carbocycles. The lowest BCUT2D eigenvalue weighted by Gasteiger charge is -2.35. The summed E-state index contributed by atoms with van der Waals surface area (Å²) in [5.74, 6) is -0.540. The van der Waals surface area contributed by atoms with Crippen LogP contribution in [-0.2, 0) is 6.18 Å². The van der Waals surface area contributed by atoms with Crippen LogP contribution in [0.25, 0.3) is 10.9 Å². The highest BCUT2D eigenvalue weighted by Gasteiger charge is 2.36. The predicted molar refractivity (Wildman–Crippen MR) is 128 cm³/mol. The van der Waals surface area contributed by atoms with Crippen molar-refractivity contribution in [3.63, 3.8) is 0 Å².